The lowest BCUT2D eigenvalue weighted by molar-refractivity contribution is 0.0152. The molecule has 3 heteroatoms. The smallest absolute Gasteiger partial charge is 0.0864 e. The lowest BCUT2D eigenvalue weighted by Gasteiger charge is -2.13. The van der Waals surface area contributed by atoms with Gasteiger partial charge in [-0.2, -0.15) is 11.8 Å². The van der Waals surface area contributed by atoms with E-state index in [1.54, 1.807) is 11.8 Å². The minimum Gasteiger partial charge on any atom is -0.390 e. The van der Waals surface area contributed by atoms with E-state index in [1.165, 1.54) is 11.1 Å². The predicted octanol–water partition coefficient (Wildman–Crippen LogP) is 3.01. The highest BCUT2D eigenvalue weighted by Gasteiger charge is 2.06. The fraction of sp³-hybridized carbons (Fsp3) is 0.571. The summed E-state index contributed by atoms with van der Waals surface area (Å²) in [5.41, 5.74) is 2.65. The van der Waals surface area contributed by atoms with Crippen LogP contribution in [0.15, 0.2) is 24.3 Å². The Balaban J connectivity index is 2.21. The first-order valence-corrected chi connectivity index (χ1v) is 7.17. The van der Waals surface area contributed by atoms with Crippen LogP contribution < -0.4 is 0 Å². The maximum atomic E-state index is 9.70. The van der Waals surface area contributed by atoms with E-state index >= 15 is 0 Å². The summed E-state index contributed by atoms with van der Waals surface area (Å²) in [7, 11) is 0. The van der Waals surface area contributed by atoms with Crippen molar-refractivity contribution in [1.82, 2.24) is 0 Å². The fourth-order valence-electron chi connectivity index (χ4n) is 1.43. The Morgan fingerprint density at radius 1 is 1.29 bits per heavy atom. The third-order valence-electron chi connectivity index (χ3n) is 2.45. The zero-order chi connectivity index (χ0) is 12.7. The van der Waals surface area contributed by atoms with Gasteiger partial charge in [0.2, 0.25) is 0 Å². The Morgan fingerprint density at radius 3 is 2.65 bits per heavy atom. The Labute approximate surface area is 108 Å². The van der Waals surface area contributed by atoms with Crippen LogP contribution in [-0.4, -0.2) is 29.7 Å². The summed E-state index contributed by atoms with van der Waals surface area (Å²) in [5.74, 6) is 1.67. The van der Waals surface area contributed by atoms with E-state index in [2.05, 4.69) is 31.2 Å². The molecule has 96 valence electrons. The number of aryl methyl sites for hydroxylation is 1. The Bertz CT molecular complexity index is 326. The molecule has 0 aromatic heterocycles. The van der Waals surface area contributed by atoms with Crippen LogP contribution in [0, 0.1) is 6.92 Å². The highest BCUT2D eigenvalue weighted by atomic mass is 32.2. The van der Waals surface area contributed by atoms with Crippen molar-refractivity contribution >= 4 is 11.8 Å². The normalized spacial score (nSPS) is 13.0. The van der Waals surface area contributed by atoms with Crippen molar-refractivity contribution in [3.8, 4) is 0 Å². The molecule has 0 aliphatic carbocycles. The van der Waals surface area contributed by atoms with Crippen molar-refractivity contribution in [1.29, 1.82) is 0 Å². The van der Waals surface area contributed by atoms with Crippen LogP contribution in [0.25, 0.3) is 0 Å². The minimum absolute atomic E-state index is 0.186. The van der Waals surface area contributed by atoms with Crippen molar-refractivity contribution < 1.29 is 9.84 Å². The maximum absolute atomic E-state index is 9.70. The van der Waals surface area contributed by atoms with E-state index in [1.807, 2.05) is 13.8 Å². The molecule has 1 N–H and O–H groups in total. The molecule has 0 radical (unpaired) electrons. The molecule has 1 atom stereocenters. The van der Waals surface area contributed by atoms with Gasteiger partial charge in [-0.25, -0.2) is 0 Å². The van der Waals surface area contributed by atoms with Crippen LogP contribution >= 0.6 is 11.8 Å². The molecule has 0 aliphatic rings. The van der Waals surface area contributed by atoms with Crippen molar-refractivity contribution in [2.75, 3.05) is 12.4 Å². The van der Waals surface area contributed by atoms with Crippen molar-refractivity contribution in [3.63, 3.8) is 0 Å². The number of rotatable bonds is 7. The van der Waals surface area contributed by atoms with Gasteiger partial charge in [0.25, 0.3) is 0 Å². The Hall–Kier alpha value is -0.510. The summed E-state index contributed by atoms with van der Waals surface area (Å²) < 4.78 is 5.37. The third-order valence-corrected chi connectivity index (χ3v) is 3.59. The maximum Gasteiger partial charge on any atom is 0.0864 e. The van der Waals surface area contributed by atoms with E-state index in [0.717, 1.165) is 11.5 Å². The molecule has 0 heterocycles. The quantitative estimate of drug-likeness (QED) is 0.811. The average molecular weight is 254 g/mol. The van der Waals surface area contributed by atoms with Crippen LogP contribution in [0.3, 0.4) is 0 Å². The molecule has 0 saturated carbocycles. The number of hydrogen-bond donors (Lipinski definition) is 1. The van der Waals surface area contributed by atoms with Crippen LogP contribution in [0.2, 0.25) is 0 Å². The lowest BCUT2D eigenvalue weighted by Crippen LogP contribution is -2.20. The molecule has 0 spiro atoms. The number of hydrogen-bond acceptors (Lipinski definition) is 3. The standard InChI is InChI=1S/C14H22O2S/c1-11(2)16-8-14(15)10-17-9-13-7-5-4-6-12(13)3/h4-7,11,14-15H,8-10H2,1-3H3. The highest BCUT2D eigenvalue weighted by Crippen LogP contribution is 2.16. The average Bonchev–Trinajstić information content (AvgIpc) is 2.29. The molecular weight excluding hydrogens is 232 g/mol. The van der Waals surface area contributed by atoms with E-state index in [4.69, 9.17) is 4.74 Å². The molecular formula is C14H22O2S. The summed E-state index contributed by atoms with van der Waals surface area (Å²) in [6.07, 6.45) is -0.183. The topological polar surface area (TPSA) is 29.5 Å². The van der Waals surface area contributed by atoms with Crippen molar-refractivity contribution in [3.05, 3.63) is 35.4 Å². The lowest BCUT2D eigenvalue weighted by atomic mass is 10.1. The van der Waals surface area contributed by atoms with Crippen molar-refractivity contribution in [2.24, 2.45) is 0 Å². The van der Waals surface area contributed by atoms with E-state index in [0.29, 0.717) is 6.61 Å². The van der Waals surface area contributed by atoms with Gasteiger partial charge >= 0.3 is 0 Å². The van der Waals surface area contributed by atoms with Gasteiger partial charge in [-0.15, -0.1) is 0 Å². The third kappa shape index (κ3) is 6.10. The zero-order valence-corrected chi connectivity index (χ0v) is 11.7. The van der Waals surface area contributed by atoms with Gasteiger partial charge in [-0.1, -0.05) is 24.3 Å². The van der Waals surface area contributed by atoms with Crippen LogP contribution in [0.4, 0.5) is 0 Å². The second-order valence-corrected chi connectivity index (χ2v) is 5.51. The van der Waals surface area contributed by atoms with Gasteiger partial charge in [0, 0.05) is 11.5 Å². The van der Waals surface area contributed by atoms with Crippen LogP contribution in [0.1, 0.15) is 25.0 Å². The predicted molar refractivity (Wildman–Crippen MR) is 74.4 cm³/mol. The SMILES string of the molecule is Cc1ccccc1CSCC(O)COC(C)C. The second-order valence-electron chi connectivity index (χ2n) is 4.48. The van der Waals surface area contributed by atoms with Gasteiger partial charge < -0.3 is 9.84 Å². The molecule has 1 unspecified atom stereocenters. The summed E-state index contributed by atoms with van der Waals surface area (Å²) in [6.45, 7) is 6.51. The first kappa shape index (κ1) is 14.6. The zero-order valence-electron chi connectivity index (χ0n) is 10.8. The van der Waals surface area contributed by atoms with Gasteiger partial charge in [0.15, 0.2) is 0 Å². The number of aliphatic hydroxyl groups excluding tert-OH is 1. The van der Waals surface area contributed by atoms with Gasteiger partial charge in [-0.3, -0.25) is 0 Å². The molecule has 0 aliphatic heterocycles. The summed E-state index contributed by atoms with van der Waals surface area (Å²) in [4.78, 5) is 0. The van der Waals surface area contributed by atoms with Gasteiger partial charge in [0.1, 0.15) is 0 Å². The summed E-state index contributed by atoms with van der Waals surface area (Å²) in [6, 6.07) is 8.36. The molecule has 17 heavy (non-hydrogen) atoms. The summed E-state index contributed by atoms with van der Waals surface area (Å²) >= 11 is 1.75. The molecule has 2 nitrogen and oxygen atoms in total. The number of aliphatic hydroxyl groups is 1. The molecule has 1 aromatic carbocycles. The monoisotopic (exact) mass is 254 g/mol. The van der Waals surface area contributed by atoms with Crippen LogP contribution in [0.5, 0.6) is 0 Å². The molecule has 0 saturated heterocycles. The number of thioether (sulfide) groups is 1. The van der Waals surface area contributed by atoms with E-state index < -0.39 is 0 Å². The van der Waals surface area contributed by atoms with E-state index in [-0.39, 0.29) is 12.2 Å². The molecule has 1 rings (SSSR count). The van der Waals surface area contributed by atoms with Gasteiger partial charge in [0.05, 0.1) is 18.8 Å². The molecule has 0 bridgehead atoms. The van der Waals surface area contributed by atoms with Crippen LogP contribution in [-0.2, 0) is 10.5 Å². The molecule has 0 fully saturated rings. The molecule has 1 aromatic rings. The van der Waals surface area contributed by atoms with Crippen molar-refractivity contribution in [2.45, 2.75) is 38.7 Å². The molecule has 0 amide bonds. The Morgan fingerprint density at radius 2 is 2.00 bits per heavy atom. The largest absolute Gasteiger partial charge is 0.390 e. The number of ether oxygens (including phenoxy) is 1. The first-order valence-electron chi connectivity index (χ1n) is 6.01. The second kappa shape index (κ2) is 7.75. The fourth-order valence-corrected chi connectivity index (χ4v) is 2.46. The Kier molecular flexibility index (Phi) is 6.63. The van der Waals surface area contributed by atoms with E-state index in [9.17, 15) is 5.11 Å². The summed E-state index contributed by atoms with van der Waals surface area (Å²) in [5, 5.41) is 9.70. The highest BCUT2D eigenvalue weighted by molar-refractivity contribution is 7.98. The number of benzene rings is 1. The van der Waals surface area contributed by atoms with Gasteiger partial charge in [-0.05, 0) is 31.9 Å². The first-order chi connectivity index (χ1) is 8.09. The minimum atomic E-state index is -0.369.